The summed E-state index contributed by atoms with van der Waals surface area (Å²) in [4.78, 5) is 0. The summed E-state index contributed by atoms with van der Waals surface area (Å²) in [7, 11) is 1.45. The van der Waals surface area contributed by atoms with E-state index in [1.54, 1.807) is 36.4 Å². The van der Waals surface area contributed by atoms with Crippen LogP contribution in [0.1, 0.15) is 16.7 Å². The molecule has 0 aromatic heterocycles. The van der Waals surface area contributed by atoms with Crippen molar-refractivity contribution in [2.45, 2.75) is 6.61 Å². The first-order valence-electron chi connectivity index (χ1n) is 8.63. The number of allylic oxidation sites excluding steroid dienone is 1. The summed E-state index contributed by atoms with van der Waals surface area (Å²) >= 11 is 6.35. The fraction of sp³-hybridized carbons (Fsp3) is 0.0870. The standard InChI is InChI=1S/C23H16ClF2NO2/c1-28-22-12-16(9-17(13-27)19-7-2-3-8-21(19)26)11-20(24)23(22)29-14-15-5-4-6-18(25)10-15/h2-12H,14H2,1H3. The monoisotopic (exact) mass is 411 g/mol. The van der Waals surface area contributed by atoms with Crippen LogP contribution in [-0.2, 0) is 6.61 Å². The highest BCUT2D eigenvalue weighted by molar-refractivity contribution is 6.32. The van der Waals surface area contributed by atoms with Gasteiger partial charge in [-0.15, -0.1) is 0 Å². The molecule has 0 N–H and O–H groups in total. The molecule has 29 heavy (non-hydrogen) atoms. The molecule has 146 valence electrons. The fourth-order valence-corrected chi connectivity index (χ4v) is 3.04. The van der Waals surface area contributed by atoms with Crippen LogP contribution in [0.25, 0.3) is 11.6 Å². The van der Waals surface area contributed by atoms with E-state index in [1.807, 2.05) is 6.07 Å². The Bertz CT molecular complexity index is 1110. The van der Waals surface area contributed by atoms with Crippen LogP contribution in [-0.4, -0.2) is 7.11 Å². The summed E-state index contributed by atoms with van der Waals surface area (Å²) in [6, 6.07) is 17.3. The number of rotatable bonds is 6. The molecule has 3 nitrogen and oxygen atoms in total. The number of ether oxygens (including phenoxy) is 2. The van der Waals surface area contributed by atoms with Crippen LogP contribution >= 0.6 is 11.6 Å². The lowest BCUT2D eigenvalue weighted by molar-refractivity contribution is 0.284. The maximum atomic E-state index is 14.0. The van der Waals surface area contributed by atoms with Crippen molar-refractivity contribution >= 4 is 23.3 Å². The molecular weight excluding hydrogens is 396 g/mol. The molecule has 3 aromatic rings. The van der Waals surface area contributed by atoms with Crippen molar-refractivity contribution in [2.24, 2.45) is 0 Å². The molecule has 0 aliphatic carbocycles. The summed E-state index contributed by atoms with van der Waals surface area (Å²) < 4.78 is 38.4. The third-order valence-corrected chi connectivity index (χ3v) is 4.40. The minimum atomic E-state index is -0.492. The average Bonchev–Trinajstić information content (AvgIpc) is 2.71. The van der Waals surface area contributed by atoms with Gasteiger partial charge in [0.25, 0.3) is 0 Å². The molecule has 0 saturated carbocycles. The number of nitriles is 1. The van der Waals surface area contributed by atoms with E-state index in [0.717, 1.165) is 0 Å². The Labute approximate surface area is 172 Å². The van der Waals surface area contributed by atoms with Crippen LogP contribution < -0.4 is 9.47 Å². The predicted octanol–water partition coefficient (Wildman–Crippen LogP) is 6.27. The zero-order valence-electron chi connectivity index (χ0n) is 15.5. The minimum absolute atomic E-state index is 0.0989. The number of benzene rings is 3. The van der Waals surface area contributed by atoms with Crippen molar-refractivity contribution < 1.29 is 18.3 Å². The van der Waals surface area contributed by atoms with Gasteiger partial charge in [-0.2, -0.15) is 5.26 Å². The Kier molecular flexibility index (Phi) is 6.48. The van der Waals surface area contributed by atoms with E-state index in [1.165, 1.54) is 37.5 Å². The SMILES string of the molecule is COc1cc(C=C(C#N)c2ccccc2F)cc(Cl)c1OCc1cccc(F)c1. The van der Waals surface area contributed by atoms with Gasteiger partial charge in [-0.1, -0.05) is 41.9 Å². The molecule has 3 rings (SSSR count). The van der Waals surface area contributed by atoms with Gasteiger partial charge in [-0.25, -0.2) is 8.78 Å². The minimum Gasteiger partial charge on any atom is -0.493 e. The molecule has 0 spiro atoms. The van der Waals surface area contributed by atoms with Crippen LogP contribution in [0.4, 0.5) is 8.78 Å². The second-order valence-corrected chi connectivity index (χ2v) is 6.51. The first kappa shape index (κ1) is 20.4. The molecule has 0 aliphatic rings. The lowest BCUT2D eigenvalue weighted by Gasteiger charge is -2.14. The van der Waals surface area contributed by atoms with Crippen molar-refractivity contribution in [3.8, 4) is 17.6 Å². The molecular formula is C23H16ClF2NO2. The highest BCUT2D eigenvalue weighted by atomic mass is 35.5. The van der Waals surface area contributed by atoms with Gasteiger partial charge in [0.05, 0.1) is 23.8 Å². The smallest absolute Gasteiger partial charge is 0.180 e. The zero-order chi connectivity index (χ0) is 20.8. The molecule has 0 radical (unpaired) electrons. The Morgan fingerprint density at radius 2 is 1.90 bits per heavy atom. The van der Waals surface area contributed by atoms with Gasteiger partial charge in [0.1, 0.15) is 18.2 Å². The van der Waals surface area contributed by atoms with Gasteiger partial charge in [0.15, 0.2) is 11.5 Å². The molecule has 0 saturated heterocycles. The summed E-state index contributed by atoms with van der Waals surface area (Å²) in [5.41, 5.74) is 1.52. The van der Waals surface area contributed by atoms with Gasteiger partial charge in [-0.3, -0.25) is 0 Å². The van der Waals surface area contributed by atoms with Crippen LogP contribution in [0.3, 0.4) is 0 Å². The molecule has 6 heteroatoms. The quantitative estimate of drug-likeness (QED) is 0.354. The van der Waals surface area contributed by atoms with Crippen LogP contribution in [0.2, 0.25) is 5.02 Å². The molecule has 0 fully saturated rings. The Balaban J connectivity index is 1.92. The van der Waals surface area contributed by atoms with Gasteiger partial charge in [0.2, 0.25) is 0 Å². The summed E-state index contributed by atoms with van der Waals surface area (Å²) in [6.07, 6.45) is 1.52. The Morgan fingerprint density at radius 1 is 1.10 bits per heavy atom. The van der Waals surface area contributed by atoms with Gasteiger partial charge in [0, 0.05) is 5.56 Å². The van der Waals surface area contributed by atoms with E-state index in [2.05, 4.69) is 0 Å². The highest BCUT2D eigenvalue weighted by Crippen LogP contribution is 2.38. The number of hydrogen-bond acceptors (Lipinski definition) is 3. The fourth-order valence-electron chi connectivity index (χ4n) is 2.76. The second kappa shape index (κ2) is 9.22. The number of halogens is 3. The third-order valence-electron chi connectivity index (χ3n) is 4.12. The van der Waals surface area contributed by atoms with E-state index in [4.69, 9.17) is 21.1 Å². The van der Waals surface area contributed by atoms with Crippen molar-refractivity contribution in [3.05, 3.63) is 94.0 Å². The van der Waals surface area contributed by atoms with Crippen LogP contribution in [0.15, 0.2) is 60.7 Å². The second-order valence-electron chi connectivity index (χ2n) is 6.10. The van der Waals surface area contributed by atoms with Crippen molar-refractivity contribution in [3.63, 3.8) is 0 Å². The molecule has 0 unspecified atom stereocenters. The molecule has 0 atom stereocenters. The lowest BCUT2D eigenvalue weighted by Crippen LogP contribution is -1.99. The van der Waals surface area contributed by atoms with Crippen molar-refractivity contribution in [1.29, 1.82) is 5.26 Å². The summed E-state index contributed by atoms with van der Waals surface area (Å²) in [6.45, 7) is 0.0989. The van der Waals surface area contributed by atoms with Gasteiger partial charge in [-0.05, 0) is 47.5 Å². The average molecular weight is 412 g/mol. The van der Waals surface area contributed by atoms with Crippen LogP contribution in [0, 0.1) is 23.0 Å². The number of methoxy groups -OCH3 is 1. The van der Waals surface area contributed by atoms with Gasteiger partial charge < -0.3 is 9.47 Å². The molecule has 0 bridgehead atoms. The normalized spacial score (nSPS) is 11.1. The van der Waals surface area contributed by atoms with Crippen molar-refractivity contribution in [1.82, 2.24) is 0 Å². The topological polar surface area (TPSA) is 42.2 Å². The molecule has 0 amide bonds. The lowest BCUT2D eigenvalue weighted by atomic mass is 10.0. The summed E-state index contributed by atoms with van der Waals surface area (Å²) in [5.74, 6) is -0.221. The first-order chi connectivity index (χ1) is 14.0. The zero-order valence-corrected chi connectivity index (χ0v) is 16.2. The first-order valence-corrected chi connectivity index (χ1v) is 9.01. The van der Waals surface area contributed by atoms with E-state index in [-0.39, 0.29) is 28.6 Å². The number of nitrogens with zero attached hydrogens (tertiary/aromatic N) is 1. The van der Waals surface area contributed by atoms with E-state index in [0.29, 0.717) is 22.6 Å². The van der Waals surface area contributed by atoms with Crippen LogP contribution in [0.5, 0.6) is 11.5 Å². The predicted molar refractivity (Wildman–Crippen MR) is 109 cm³/mol. The maximum Gasteiger partial charge on any atom is 0.180 e. The van der Waals surface area contributed by atoms with E-state index in [9.17, 15) is 14.0 Å². The Morgan fingerprint density at radius 3 is 2.59 bits per heavy atom. The Hall–Kier alpha value is -3.36. The van der Waals surface area contributed by atoms with E-state index >= 15 is 0 Å². The van der Waals surface area contributed by atoms with Crippen molar-refractivity contribution in [2.75, 3.05) is 7.11 Å². The van der Waals surface area contributed by atoms with Gasteiger partial charge >= 0.3 is 0 Å². The highest BCUT2D eigenvalue weighted by Gasteiger charge is 2.14. The largest absolute Gasteiger partial charge is 0.493 e. The third kappa shape index (κ3) is 4.92. The molecule has 3 aromatic carbocycles. The number of hydrogen-bond donors (Lipinski definition) is 0. The molecule has 0 aliphatic heterocycles. The van der Waals surface area contributed by atoms with E-state index < -0.39 is 5.82 Å². The summed E-state index contributed by atoms with van der Waals surface area (Å²) in [5, 5.41) is 9.69. The molecule has 0 heterocycles. The maximum absolute atomic E-state index is 14.0.